The van der Waals surface area contributed by atoms with E-state index in [1.165, 1.54) is 24.3 Å². The molecule has 0 saturated carbocycles. The Morgan fingerprint density at radius 3 is 2.48 bits per heavy atom. The van der Waals surface area contributed by atoms with Gasteiger partial charge in [-0.15, -0.1) is 0 Å². The molecule has 8 heteroatoms. The van der Waals surface area contributed by atoms with Crippen molar-refractivity contribution >= 4 is 28.5 Å². The van der Waals surface area contributed by atoms with Crippen molar-refractivity contribution in [2.75, 3.05) is 11.9 Å². The molecule has 1 N–H and O–H groups in total. The molecular formula is C19H15F2NO5. The number of esters is 1. The van der Waals surface area contributed by atoms with Crippen LogP contribution in [0.5, 0.6) is 5.75 Å². The summed E-state index contributed by atoms with van der Waals surface area (Å²) < 4.78 is 38.9. The lowest BCUT2D eigenvalue weighted by Crippen LogP contribution is -2.21. The van der Waals surface area contributed by atoms with Crippen molar-refractivity contribution in [3.63, 3.8) is 0 Å². The van der Waals surface area contributed by atoms with Crippen LogP contribution in [0.2, 0.25) is 0 Å². The van der Waals surface area contributed by atoms with Crippen LogP contribution in [0.25, 0.3) is 11.0 Å². The number of hydrogen-bond acceptors (Lipinski definition) is 5. The maximum absolute atomic E-state index is 12.2. The molecule has 2 aromatic carbocycles. The molecule has 0 bridgehead atoms. The Morgan fingerprint density at radius 1 is 1.11 bits per heavy atom. The zero-order valence-electron chi connectivity index (χ0n) is 14.2. The fraction of sp³-hybridized carbons (Fsp3) is 0.158. The quantitative estimate of drug-likeness (QED) is 0.655. The maximum Gasteiger partial charge on any atom is 0.387 e. The second kappa shape index (κ2) is 7.86. The lowest BCUT2D eigenvalue weighted by Gasteiger charge is -2.08. The maximum atomic E-state index is 12.2. The summed E-state index contributed by atoms with van der Waals surface area (Å²) in [6.07, 6.45) is 0. The number of benzene rings is 2. The summed E-state index contributed by atoms with van der Waals surface area (Å²) in [5, 5.41) is 3.27. The lowest BCUT2D eigenvalue weighted by atomic mass is 10.1. The first-order valence-electron chi connectivity index (χ1n) is 7.94. The third-order valence-corrected chi connectivity index (χ3v) is 3.73. The van der Waals surface area contributed by atoms with Gasteiger partial charge >= 0.3 is 12.6 Å². The van der Waals surface area contributed by atoms with Crippen molar-refractivity contribution in [1.29, 1.82) is 0 Å². The number of hydrogen-bond donors (Lipinski definition) is 1. The van der Waals surface area contributed by atoms with Crippen molar-refractivity contribution in [2.45, 2.75) is 13.5 Å². The Bertz CT molecular complexity index is 966. The van der Waals surface area contributed by atoms with Gasteiger partial charge in [-0.25, -0.2) is 4.79 Å². The topological polar surface area (TPSA) is 77.8 Å². The lowest BCUT2D eigenvalue weighted by molar-refractivity contribution is -0.119. The van der Waals surface area contributed by atoms with Crippen molar-refractivity contribution in [3.8, 4) is 5.75 Å². The summed E-state index contributed by atoms with van der Waals surface area (Å²) in [6.45, 7) is -1.72. The second-order valence-electron chi connectivity index (χ2n) is 5.58. The van der Waals surface area contributed by atoms with Crippen LogP contribution in [-0.4, -0.2) is 25.1 Å². The average molecular weight is 375 g/mol. The number of aryl methyl sites for hydroxylation is 1. The fourth-order valence-electron chi connectivity index (χ4n) is 2.48. The van der Waals surface area contributed by atoms with Crippen LogP contribution in [0.15, 0.2) is 52.9 Å². The van der Waals surface area contributed by atoms with Gasteiger partial charge in [0.15, 0.2) is 6.61 Å². The number of halogens is 2. The predicted molar refractivity (Wildman–Crippen MR) is 92.9 cm³/mol. The van der Waals surface area contributed by atoms with E-state index >= 15 is 0 Å². The number of furan rings is 1. The second-order valence-corrected chi connectivity index (χ2v) is 5.58. The summed E-state index contributed by atoms with van der Waals surface area (Å²) in [5.74, 6) is -1.33. The molecule has 1 heterocycles. The number of rotatable bonds is 6. The SMILES string of the molecule is Cc1c(C(=O)OCC(=O)Nc2ccc(OC(F)F)cc2)oc2ccccc12. The number of alkyl halides is 2. The smallest absolute Gasteiger partial charge is 0.387 e. The molecule has 0 spiro atoms. The average Bonchev–Trinajstić information content (AvgIpc) is 2.98. The highest BCUT2D eigenvalue weighted by atomic mass is 19.3. The zero-order chi connectivity index (χ0) is 19.4. The predicted octanol–water partition coefficient (Wildman–Crippen LogP) is 4.14. The van der Waals surface area contributed by atoms with Gasteiger partial charge in [-0.2, -0.15) is 8.78 Å². The molecule has 3 rings (SSSR count). The van der Waals surface area contributed by atoms with E-state index in [4.69, 9.17) is 9.15 Å². The van der Waals surface area contributed by atoms with Gasteiger partial charge in [-0.3, -0.25) is 4.79 Å². The summed E-state index contributed by atoms with van der Waals surface area (Å²) in [5.41, 5.74) is 1.53. The molecule has 0 unspecified atom stereocenters. The number of amides is 1. The summed E-state index contributed by atoms with van der Waals surface area (Å²) in [4.78, 5) is 24.1. The Morgan fingerprint density at radius 2 is 1.81 bits per heavy atom. The molecule has 6 nitrogen and oxygen atoms in total. The molecule has 0 saturated heterocycles. The van der Waals surface area contributed by atoms with Crippen LogP contribution < -0.4 is 10.1 Å². The molecule has 140 valence electrons. The van der Waals surface area contributed by atoms with E-state index in [1.807, 2.05) is 12.1 Å². The number of fused-ring (bicyclic) bond motifs is 1. The van der Waals surface area contributed by atoms with Crippen LogP contribution in [0, 0.1) is 6.92 Å². The van der Waals surface area contributed by atoms with E-state index in [1.54, 1.807) is 19.1 Å². The molecule has 0 radical (unpaired) electrons. The largest absolute Gasteiger partial charge is 0.450 e. The highest BCUT2D eigenvalue weighted by molar-refractivity contribution is 5.98. The molecule has 0 aliphatic rings. The number of carbonyl (C=O) groups excluding carboxylic acids is 2. The van der Waals surface area contributed by atoms with Gasteiger partial charge in [0.2, 0.25) is 5.76 Å². The number of ether oxygens (including phenoxy) is 2. The van der Waals surface area contributed by atoms with Gasteiger partial charge in [-0.1, -0.05) is 18.2 Å². The van der Waals surface area contributed by atoms with Gasteiger partial charge < -0.3 is 19.2 Å². The van der Waals surface area contributed by atoms with Crippen LogP contribution in [0.1, 0.15) is 16.1 Å². The van der Waals surface area contributed by atoms with Crippen molar-refractivity contribution in [3.05, 3.63) is 59.9 Å². The number of para-hydroxylation sites is 1. The molecule has 27 heavy (non-hydrogen) atoms. The van der Waals surface area contributed by atoms with Crippen LogP contribution in [0.4, 0.5) is 14.5 Å². The number of anilines is 1. The van der Waals surface area contributed by atoms with Crippen molar-refractivity contribution in [2.24, 2.45) is 0 Å². The van der Waals surface area contributed by atoms with Gasteiger partial charge in [0.05, 0.1) is 0 Å². The summed E-state index contributed by atoms with van der Waals surface area (Å²) >= 11 is 0. The molecular weight excluding hydrogens is 360 g/mol. The van der Waals surface area contributed by atoms with E-state index in [-0.39, 0.29) is 11.5 Å². The van der Waals surface area contributed by atoms with Crippen molar-refractivity contribution in [1.82, 2.24) is 0 Å². The molecule has 0 fully saturated rings. The summed E-state index contributed by atoms with van der Waals surface area (Å²) in [7, 11) is 0. The van der Waals surface area contributed by atoms with E-state index < -0.39 is 25.1 Å². The van der Waals surface area contributed by atoms with Crippen LogP contribution in [-0.2, 0) is 9.53 Å². The van der Waals surface area contributed by atoms with E-state index in [0.717, 1.165) is 5.39 Å². The van der Waals surface area contributed by atoms with Gasteiger partial charge in [-0.05, 0) is 37.3 Å². The van der Waals surface area contributed by atoms with E-state index in [2.05, 4.69) is 10.1 Å². The van der Waals surface area contributed by atoms with Crippen LogP contribution in [0.3, 0.4) is 0 Å². The monoisotopic (exact) mass is 375 g/mol. The third kappa shape index (κ3) is 4.41. The first kappa shape index (κ1) is 18.4. The first-order valence-corrected chi connectivity index (χ1v) is 7.94. The Balaban J connectivity index is 1.56. The van der Waals surface area contributed by atoms with Gasteiger partial charge in [0.25, 0.3) is 5.91 Å². The number of carbonyl (C=O) groups is 2. The highest BCUT2D eigenvalue weighted by Gasteiger charge is 2.19. The number of nitrogens with one attached hydrogen (secondary N) is 1. The highest BCUT2D eigenvalue weighted by Crippen LogP contribution is 2.25. The minimum atomic E-state index is -2.92. The Hall–Kier alpha value is -3.42. The molecule has 0 aliphatic carbocycles. The molecule has 0 aliphatic heterocycles. The van der Waals surface area contributed by atoms with Gasteiger partial charge in [0, 0.05) is 16.6 Å². The fourth-order valence-corrected chi connectivity index (χ4v) is 2.48. The minimum Gasteiger partial charge on any atom is -0.450 e. The third-order valence-electron chi connectivity index (χ3n) is 3.73. The summed E-state index contributed by atoms with van der Waals surface area (Å²) in [6, 6.07) is 12.5. The molecule has 1 amide bonds. The van der Waals surface area contributed by atoms with E-state index in [9.17, 15) is 18.4 Å². The molecule has 3 aromatic rings. The molecule has 0 atom stereocenters. The van der Waals surface area contributed by atoms with E-state index in [0.29, 0.717) is 16.8 Å². The standard InChI is InChI=1S/C19H15F2NO5/c1-11-14-4-2-3-5-15(14)27-17(11)18(24)25-10-16(23)22-12-6-8-13(9-7-12)26-19(20)21/h2-9,19H,10H2,1H3,(H,22,23). The Labute approximate surface area is 152 Å². The van der Waals surface area contributed by atoms with Gasteiger partial charge in [0.1, 0.15) is 11.3 Å². The Kier molecular flexibility index (Phi) is 5.35. The molecule has 1 aromatic heterocycles. The normalized spacial score (nSPS) is 10.8. The zero-order valence-corrected chi connectivity index (χ0v) is 14.2. The first-order chi connectivity index (χ1) is 12.9. The minimum absolute atomic E-state index is 0.0326. The van der Waals surface area contributed by atoms with Crippen molar-refractivity contribution < 1.29 is 32.3 Å². The van der Waals surface area contributed by atoms with Crippen LogP contribution >= 0.6 is 0 Å².